The maximum atomic E-state index is 12.2. The molecule has 0 fully saturated rings. The molecule has 0 bridgehead atoms. The summed E-state index contributed by atoms with van der Waals surface area (Å²) in [6.07, 6.45) is 5.33. The van der Waals surface area contributed by atoms with Crippen molar-refractivity contribution in [3.63, 3.8) is 0 Å². The average Bonchev–Trinajstić information content (AvgIpc) is 2.47. The summed E-state index contributed by atoms with van der Waals surface area (Å²) in [5, 5.41) is 13.9. The second-order valence-electron chi connectivity index (χ2n) is 5.02. The van der Waals surface area contributed by atoms with Gasteiger partial charge in [0.25, 0.3) is 0 Å². The van der Waals surface area contributed by atoms with Gasteiger partial charge in [-0.2, -0.15) is 0 Å². The zero-order chi connectivity index (χ0) is 14.5. The fourth-order valence-corrected chi connectivity index (χ4v) is 2.47. The first kappa shape index (κ1) is 14.3. The minimum absolute atomic E-state index is 0.253. The number of carbonyl (C=O) groups excluding carboxylic acids is 2. The van der Waals surface area contributed by atoms with Gasteiger partial charge in [-0.15, -0.1) is 0 Å². The molecule has 0 unspecified atom stereocenters. The molecule has 106 valence electrons. The number of aliphatic carboxylic acids is 1. The monoisotopic (exact) mass is 272 g/mol. The number of allylic oxidation sites excluding steroid dienone is 2. The molecule has 20 heavy (non-hydrogen) atoms. The summed E-state index contributed by atoms with van der Waals surface area (Å²) >= 11 is 0. The van der Waals surface area contributed by atoms with Crippen LogP contribution in [-0.2, 0) is 16.0 Å². The number of hydrogen-bond donors (Lipinski definition) is 1. The fourth-order valence-electron chi connectivity index (χ4n) is 2.47. The average molecular weight is 272 g/mol. The van der Waals surface area contributed by atoms with Crippen molar-refractivity contribution in [2.75, 3.05) is 5.32 Å². The van der Waals surface area contributed by atoms with Gasteiger partial charge in [-0.05, 0) is 37.0 Å². The van der Waals surface area contributed by atoms with Crippen LogP contribution < -0.4 is 10.4 Å². The number of anilines is 1. The van der Waals surface area contributed by atoms with Gasteiger partial charge >= 0.3 is 0 Å². The highest BCUT2D eigenvalue weighted by molar-refractivity contribution is 5.95. The summed E-state index contributed by atoms with van der Waals surface area (Å²) in [5.74, 6) is -2.71. The second kappa shape index (κ2) is 6.37. The lowest BCUT2D eigenvalue weighted by Gasteiger charge is -2.28. The van der Waals surface area contributed by atoms with Crippen molar-refractivity contribution in [2.24, 2.45) is 11.8 Å². The lowest BCUT2D eigenvalue weighted by molar-refractivity contribution is -0.313. The highest BCUT2D eigenvalue weighted by Gasteiger charge is 2.29. The molecule has 2 atom stereocenters. The number of hydrogen-bond acceptors (Lipinski definition) is 3. The maximum Gasteiger partial charge on any atom is 0.228 e. The quantitative estimate of drug-likeness (QED) is 0.845. The molecule has 2 rings (SSSR count). The Bertz CT molecular complexity index is 536. The molecule has 0 saturated heterocycles. The van der Waals surface area contributed by atoms with Crippen LogP contribution in [0.5, 0.6) is 0 Å². The molecule has 1 aromatic carbocycles. The van der Waals surface area contributed by atoms with Gasteiger partial charge < -0.3 is 15.2 Å². The van der Waals surface area contributed by atoms with Gasteiger partial charge in [-0.3, -0.25) is 4.79 Å². The zero-order valence-electron chi connectivity index (χ0n) is 11.5. The van der Waals surface area contributed by atoms with Crippen LogP contribution in [0.4, 0.5) is 5.69 Å². The first-order valence-electron chi connectivity index (χ1n) is 6.87. The molecule has 1 aliphatic rings. The summed E-state index contributed by atoms with van der Waals surface area (Å²) in [4.78, 5) is 23.3. The predicted octanol–water partition coefficient (Wildman–Crippen LogP) is 1.52. The van der Waals surface area contributed by atoms with Crippen molar-refractivity contribution in [2.45, 2.75) is 26.2 Å². The van der Waals surface area contributed by atoms with Gasteiger partial charge in [0.15, 0.2) is 0 Å². The van der Waals surface area contributed by atoms with E-state index in [0.29, 0.717) is 18.5 Å². The van der Waals surface area contributed by atoms with E-state index in [-0.39, 0.29) is 5.91 Å². The van der Waals surface area contributed by atoms with E-state index in [1.807, 2.05) is 37.3 Å². The van der Waals surface area contributed by atoms with E-state index in [1.165, 1.54) is 0 Å². The Morgan fingerprint density at radius 3 is 2.60 bits per heavy atom. The Kier molecular flexibility index (Phi) is 4.56. The van der Waals surface area contributed by atoms with Crippen LogP contribution in [-0.4, -0.2) is 11.9 Å². The molecule has 1 N–H and O–H groups in total. The van der Waals surface area contributed by atoms with Gasteiger partial charge in [0.1, 0.15) is 0 Å². The van der Waals surface area contributed by atoms with Gasteiger partial charge in [-0.1, -0.05) is 31.2 Å². The molecule has 4 nitrogen and oxygen atoms in total. The van der Waals surface area contributed by atoms with E-state index in [9.17, 15) is 14.7 Å². The third-order valence-electron chi connectivity index (χ3n) is 3.67. The Morgan fingerprint density at radius 1 is 1.25 bits per heavy atom. The van der Waals surface area contributed by atoms with Crippen LogP contribution in [0.1, 0.15) is 25.3 Å². The molecule has 1 aliphatic carbocycles. The molecule has 0 radical (unpaired) electrons. The van der Waals surface area contributed by atoms with Gasteiger partial charge in [0.2, 0.25) is 5.91 Å². The summed E-state index contributed by atoms with van der Waals surface area (Å²) in [6.45, 7) is 2.04. The van der Waals surface area contributed by atoms with Gasteiger partial charge in [0, 0.05) is 17.6 Å². The van der Waals surface area contributed by atoms with Gasteiger partial charge in [0.05, 0.1) is 5.92 Å². The number of amides is 1. The van der Waals surface area contributed by atoms with E-state index in [0.717, 1.165) is 12.0 Å². The Hall–Kier alpha value is -2.10. The van der Waals surface area contributed by atoms with Crippen LogP contribution in [0.3, 0.4) is 0 Å². The van der Waals surface area contributed by atoms with Crippen molar-refractivity contribution in [1.29, 1.82) is 0 Å². The molecule has 0 saturated carbocycles. The van der Waals surface area contributed by atoms with Crippen LogP contribution in [0.25, 0.3) is 0 Å². The van der Waals surface area contributed by atoms with E-state index in [1.54, 1.807) is 6.08 Å². The standard InChI is InChI=1S/C16H19NO3/c1-2-11-6-5-7-12(10-11)17-15(18)13-8-3-4-9-14(13)16(19)20/h3-7,10,13-14H,2,8-9H2,1H3,(H,17,18)(H,19,20)/p-1/t13-,14-/m0/s1. The first-order chi connectivity index (χ1) is 9.61. The molecular formula is C16H18NO3-. The number of rotatable bonds is 4. The molecule has 0 aliphatic heterocycles. The number of aryl methyl sites for hydroxylation is 1. The van der Waals surface area contributed by atoms with Crippen molar-refractivity contribution in [1.82, 2.24) is 0 Å². The molecule has 0 aromatic heterocycles. The summed E-state index contributed by atoms with van der Waals surface area (Å²) in [5.41, 5.74) is 1.84. The summed E-state index contributed by atoms with van der Waals surface area (Å²) in [7, 11) is 0. The summed E-state index contributed by atoms with van der Waals surface area (Å²) < 4.78 is 0. The summed E-state index contributed by atoms with van der Waals surface area (Å²) in [6, 6.07) is 7.59. The molecule has 0 heterocycles. The number of nitrogens with one attached hydrogen (secondary N) is 1. The van der Waals surface area contributed by atoms with Crippen LogP contribution >= 0.6 is 0 Å². The Labute approximate surface area is 118 Å². The molecule has 1 aromatic rings. The predicted molar refractivity (Wildman–Crippen MR) is 74.8 cm³/mol. The minimum atomic E-state index is -1.16. The third kappa shape index (κ3) is 3.26. The van der Waals surface area contributed by atoms with E-state index >= 15 is 0 Å². The molecular weight excluding hydrogens is 254 g/mol. The lowest BCUT2D eigenvalue weighted by Crippen LogP contribution is -2.41. The molecule has 1 amide bonds. The molecule has 4 heteroatoms. The van der Waals surface area contributed by atoms with Crippen LogP contribution in [0.2, 0.25) is 0 Å². The number of benzene rings is 1. The van der Waals surface area contributed by atoms with Crippen LogP contribution in [0.15, 0.2) is 36.4 Å². The lowest BCUT2D eigenvalue weighted by atomic mass is 9.82. The highest BCUT2D eigenvalue weighted by Crippen LogP contribution is 2.26. The second-order valence-corrected chi connectivity index (χ2v) is 5.02. The highest BCUT2D eigenvalue weighted by atomic mass is 16.4. The SMILES string of the molecule is CCc1cccc(NC(=O)[C@H]2CC=CC[C@@H]2C(=O)[O-])c1. The van der Waals surface area contributed by atoms with Crippen molar-refractivity contribution >= 4 is 17.6 Å². The van der Waals surface area contributed by atoms with E-state index in [4.69, 9.17) is 0 Å². The minimum Gasteiger partial charge on any atom is -0.550 e. The van der Waals surface area contributed by atoms with Crippen molar-refractivity contribution < 1.29 is 14.7 Å². The van der Waals surface area contributed by atoms with Crippen molar-refractivity contribution in [3.05, 3.63) is 42.0 Å². The first-order valence-corrected chi connectivity index (χ1v) is 6.87. The topological polar surface area (TPSA) is 69.2 Å². The largest absolute Gasteiger partial charge is 0.550 e. The Morgan fingerprint density at radius 2 is 1.95 bits per heavy atom. The third-order valence-corrected chi connectivity index (χ3v) is 3.67. The number of carboxylic acid groups (broad SMARTS) is 1. The fraction of sp³-hybridized carbons (Fsp3) is 0.375. The maximum absolute atomic E-state index is 12.2. The Balaban J connectivity index is 2.10. The van der Waals surface area contributed by atoms with E-state index in [2.05, 4.69) is 5.32 Å². The van der Waals surface area contributed by atoms with Crippen molar-refractivity contribution in [3.8, 4) is 0 Å². The molecule has 0 spiro atoms. The number of carboxylic acids is 1. The normalized spacial score (nSPS) is 21.4. The smallest absolute Gasteiger partial charge is 0.228 e. The zero-order valence-corrected chi connectivity index (χ0v) is 11.5. The number of carbonyl (C=O) groups is 2. The van der Waals surface area contributed by atoms with Gasteiger partial charge in [-0.25, -0.2) is 0 Å². The van der Waals surface area contributed by atoms with Crippen LogP contribution in [0, 0.1) is 11.8 Å². The van der Waals surface area contributed by atoms with E-state index < -0.39 is 17.8 Å².